The van der Waals surface area contributed by atoms with E-state index in [0.29, 0.717) is 17.2 Å². The smallest absolute Gasteiger partial charge is 0.275 e. The molecule has 1 amide bonds. The molecule has 1 atom stereocenters. The third kappa shape index (κ3) is 3.59. The number of amides is 1. The molecule has 0 bridgehead atoms. The molecule has 0 aliphatic carbocycles. The van der Waals surface area contributed by atoms with Crippen LogP contribution in [0, 0.1) is 0 Å². The number of nitrogens with one attached hydrogen (secondary N) is 1. The minimum atomic E-state index is -0.342. The number of benzene rings is 2. The second-order valence-corrected chi connectivity index (χ2v) is 6.84. The fourth-order valence-corrected chi connectivity index (χ4v) is 3.59. The fourth-order valence-electron chi connectivity index (χ4n) is 3.59. The Morgan fingerprint density at radius 2 is 1.86 bits per heavy atom. The summed E-state index contributed by atoms with van der Waals surface area (Å²) in [7, 11) is 3.11. The lowest BCUT2D eigenvalue weighted by Gasteiger charge is -2.23. The predicted octanol–water partition coefficient (Wildman–Crippen LogP) is 3.83. The van der Waals surface area contributed by atoms with Gasteiger partial charge in [0.1, 0.15) is 5.69 Å². The number of ether oxygens (including phenoxy) is 2. The maximum Gasteiger partial charge on any atom is 0.275 e. The highest BCUT2D eigenvalue weighted by Gasteiger charge is 2.28. The third-order valence-electron chi connectivity index (χ3n) is 4.97. The Hall–Kier alpha value is -3.61. The van der Waals surface area contributed by atoms with Gasteiger partial charge in [0.15, 0.2) is 17.3 Å². The first-order chi connectivity index (χ1) is 14.1. The molecule has 3 aromatic rings. The van der Waals surface area contributed by atoms with Crippen molar-refractivity contribution in [3.05, 3.63) is 66.1 Å². The van der Waals surface area contributed by atoms with E-state index < -0.39 is 0 Å². The summed E-state index contributed by atoms with van der Waals surface area (Å²) >= 11 is 0. The van der Waals surface area contributed by atoms with Crippen LogP contribution in [0.15, 0.2) is 54.9 Å². The normalized spacial score (nSPS) is 15.0. The number of anilines is 3. The van der Waals surface area contributed by atoms with Gasteiger partial charge in [-0.3, -0.25) is 4.79 Å². The first-order valence-corrected chi connectivity index (χ1v) is 9.33. The van der Waals surface area contributed by atoms with Crippen LogP contribution in [-0.2, 0) is 6.42 Å². The van der Waals surface area contributed by atoms with Crippen LogP contribution >= 0.6 is 0 Å². The Morgan fingerprint density at radius 1 is 1.07 bits per heavy atom. The Bertz CT molecular complexity index is 1040. The number of carbonyl (C=O) groups excluding carboxylic acids is 1. The second kappa shape index (κ2) is 7.79. The average Bonchev–Trinajstić information content (AvgIpc) is 3.09. The molecule has 1 N–H and O–H groups in total. The van der Waals surface area contributed by atoms with E-state index in [1.807, 2.05) is 12.1 Å². The molecule has 2 aromatic carbocycles. The lowest BCUT2D eigenvalue weighted by molar-refractivity contribution is 0.102. The van der Waals surface area contributed by atoms with E-state index in [2.05, 4.69) is 39.2 Å². The van der Waals surface area contributed by atoms with Crippen molar-refractivity contribution in [2.45, 2.75) is 19.4 Å². The molecule has 1 aliphatic heterocycles. The van der Waals surface area contributed by atoms with Gasteiger partial charge in [0, 0.05) is 23.5 Å². The Balaban J connectivity index is 1.52. The zero-order chi connectivity index (χ0) is 20.4. The summed E-state index contributed by atoms with van der Waals surface area (Å²) in [5, 5.41) is 2.81. The number of hydrogen-bond acceptors (Lipinski definition) is 6. The van der Waals surface area contributed by atoms with Crippen molar-refractivity contribution in [3.63, 3.8) is 0 Å². The van der Waals surface area contributed by atoms with Gasteiger partial charge >= 0.3 is 0 Å². The summed E-state index contributed by atoms with van der Waals surface area (Å²) in [5.74, 6) is 1.51. The summed E-state index contributed by atoms with van der Waals surface area (Å²) in [6.45, 7) is 2.15. The van der Waals surface area contributed by atoms with Gasteiger partial charge in [0.25, 0.3) is 5.91 Å². The molecule has 1 unspecified atom stereocenters. The van der Waals surface area contributed by atoms with Gasteiger partial charge in [-0.15, -0.1) is 0 Å². The Kier molecular flexibility index (Phi) is 5.03. The van der Waals surface area contributed by atoms with E-state index in [9.17, 15) is 4.79 Å². The first kappa shape index (κ1) is 18.7. The predicted molar refractivity (Wildman–Crippen MR) is 111 cm³/mol. The van der Waals surface area contributed by atoms with Gasteiger partial charge in [-0.25, -0.2) is 9.97 Å². The van der Waals surface area contributed by atoms with Gasteiger partial charge in [0.2, 0.25) is 0 Å². The van der Waals surface area contributed by atoms with Crippen molar-refractivity contribution < 1.29 is 14.3 Å². The molecule has 7 heteroatoms. The van der Waals surface area contributed by atoms with Crippen molar-refractivity contribution in [1.29, 1.82) is 0 Å². The fraction of sp³-hybridized carbons (Fsp3) is 0.227. The van der Waals surface area contributed by atoms with Crippen LogP contribution in [0.1, 0.15) is 23.0 Å². The lowest BCUT2D eigenvalue weighted by atomic mass is 10.1. The van der Waals surface area contributed by atoms with E-state index >= 15 is 0 Å². The van der Waals surface area contributed by atoms with Gasteiger partial charge < -0.3 is 19.7 Å². The largest absolute Gasteiger partial charge is 0.493 e. The number of nitrogens with zero attached hydrogens (tertiary/aromatic N) is 3. The highest BCUT2D eigenvalue weighted by Crippen LogP contribution is 2.36. The highest BCUT2D eigenvalue weighted by molar-refractivity contribution is 6.02. The molecule has 7 nitrogen and oxygen atoms in total. The topological polar surface area (TPSA) is 76.6 Å². The highest BCUT2D eigenvalue weighted by atomic mass is 16.5. The first-order valence-electron chi connectivity index (χ1n) is 9.33. The molecule has 0 spiro atoms. The molecule has 0 fully saturated rings. The second-order valence-electron chi connectivity index (χ2n) is 6.84. The number of aromatic nitrogens is 2. The summed E-state index contributed by atoms with van der Waals surface area (Å²) in [6, 6.07) is 13.7. The van der Waals surface area contributed by atoms with Crippen LogP contribution in [0.4, 0.5) is 17.2 Å². The van der Waals surface area contributed by atoms with Crippen molar-refractivity contribution in [1.82, 2.24) is 9.97 Å². The van der Waals surface area contributed by atoms with E-state index in [1.165, 1.54) is 11.8 Å². The molecule has 1 aromatic heterocycles. The molecule has 1 aliphatic rings. The summed E-state index contributed by atoms with van der Waals surface area (Å²) < 4.78 is 10.5. The molecule has 4 rings (SSSR count). The molecule has 148 valence electrons. The van der Waals surface area contributed by atoms with E-state index in [4.69, 9.17) is 9.47 Å². The summed E-state index contributed by atoms with van der Waals surface area (Å²) in [6.07, 6.45) is 4.10. The Morgan fingerprint density at radius 3 is 2.59 bits per heavy atom. The minimum absolute atomic E-state index is 0.240. The zero-order valence-corrected chi connectivity index (χ0v) is 16.5. The van der Waals surface area contributed by atoms with Gasteiger partial charge in [-0.2, -0.15) is 0 Å². The van der Waals surface area contributed by atoms with E-state index in [-0.39, 0.29) is 17.6 Å². The lowest BCUT2D eigenvalue weighted by Crippen LogP contribution is -2.25. The van der Waals surface area contributed by atoms with Gasteiger partial charge in [0.05, 0.1) is 26.6 Å². The van der Waals surface area contributed by atoms with Crippen molar-refractivity contribution in [2.75, 3.05) is 24.4 Å². The molecule has 2 heterocycles. The van der Waals surface area contributed by atoms with Crippen LogP contribution in [0.5, 0.6) is 11.5 Å². The van der Waals surface area contributed by atoms with Crippen LogP contribution in [-0.4, -0.2) is 36.1 Å². The third-order valence-corrected chi connectivity index (χ3v) is 4.97. The average molecular weight is 390 g/mol. The molecule has 0 saturated carbocycles. The number of fused-ring (bicyclic) bond motifs is 1. The zero-order valence-electron chi connectivity index (χ0n) is 16.5. The number of hydrogen-bond donors (Lipinski definition) is 1. The maximum atomic E-state index is 12.6. The number of methoxy groups -OCH3 is 2. The van der Waals surface area contributed by atoms with E-state index in [1.54, 1.807) is 38.6 Å². The maximum absolute atomic E-state index is 12.6. The Labute approximate surface area is 169 Å². The van der Waals surface area contributed by atoms with Crippen molar-refractivity contribution in [3.8, 4) is 11.5 Å². The van der Waals surface area contributed by atoms with Crippen LogP contribution in [0.2, 0.25) is 0 Å². The van der Waals surface area contributed by atoms with Gasteiger partial charge in [-0.05, 0) is 37.1 Å². The standard InChI is InChI=1S/C22H22N4O3/c1-14-10-15-6-4-5-7-18(15)26(14)21-13-23-17(12-24-21)22(27)25-16-8-9-19(28-2)20(11-16)29-3/h4-9,11-14H,10H2,1-3H3,(H,25,27). The van der Waals surface area contributed by atoms with Crippen molar-refractivity contribution >= 4 is 23.1 Å². The molecular formula is C22H22N4O3. The van der Waals surface area contributed by atoms with Crippen molar-refractivity contribution in [2.24, 2.45) is 0 Å². The quantitative estimate of drug-likeness (QED) is 0.714. The monoisotopic (exact) mass is 390 g/mol. The SMILES string of the molecule is COc1ccc(NC(=O)c2cnc(N3c4ccccc4CC3C)cn2)cc1OC. The summed E-state index contributed by atoms with van der Waals surface area (Å²) in [4.78, 5) is 23.5. The van der Waals surface area contributed by atoms with E-state index in [0.717, 1.165) is 17.9 Å². The van der Waals surface area contributed by atoms with Crippen LogP contribution < -0.4 is 19.7 Å². The minimum Gasteiger partial charge on any atom is -0.493 e. The molecule has 29 heavy (non-hydrogen) atoms. The molecular weight excluding hydrogens is 368 g/mol. The number of para-hydroxylation sites is 1. The van der Waals surface area contributed by atoms with Crippen LogP contribution in [0.3, 0.4) is 0 Å². The molecule has 0 saturated heterocycles. The number of rotatable bonds is 5. The molecule has 0 radical (unpaired) electrons. The summed E-state index contributed by atoms with van der Waals surface area (Å²) in [5.41, 5.74) is 3.25. The van der Waals surface area contributed by atoms with Crippen LogP contribution in [0.25, 0.3) is 0 Å². The van der Waals surface area contributed by atoms with Gasteiger partial charge in [-0.1, -0.05) is 18.2 Å². The number of carbonyl (C=O) groups is 1.